The highest BCUT2D eigenvalue weighted by molar-refractivity contribution is 7.11. The van der Waals surface area contributed by atoms with Crippen LogP contribution in [0, 0.1) is 13.8 Å². The lowest BCUT2D eigenvalue weighted by Crippen LogP contribution is -2.39. The second-order valence-electron chi connectivity index (χ2n) is 7.40. The van der Waals surface area contributed by atoms with Crippen molar-refractivity contribution >= 4 is 28.8 Å². The number of hydrogen-bond donors (Lipinski definition) is 1. The fraction of sp³-hybridized carbons (Fsp3) is 0.318. The molecule has 1 aromatic carbocycles. The SMILES string of the molecule is Cc1nc([C@@H]2CCCN(C(=O)c3scnc3C)C2)ncc1C(=O)Nc1ccccc1. The van der Waals surface area contributed by atoms with Gasteiger partial charge in [0.15, 0.2) is 0 Å². The number of aryl methyl sites for hydroxylation is 2. The van der Waals surface area contributed by atoms with Gasteiger partial charge in [-0.3, -0.25) is 9.59 Å². The Bertz CT molecular complexity index is 1070. The first-order valence-electron chi connectivity index (χ1n) is 9.92. The van der Waals surface area contributed by atoms with Gasteiger partial charge >= 0.3 is 0 Å². The number of hydrogen-bond acceptors (Lipinski definition) is 6. The number of benzene rings is 1. The van der Waals surface area contributed by atoms with Crippen molar-refractivity contribution in [3.8, 4) is 0 Å². The Labute approximate surface area is 179 Å². The van der Waals surface area contributed by atoms with E-state index in [2.05, 4.69) is 20.3 Å². The number of piperidine rings is 1. The van der Waals surface area contributed by atoms with Gasteiger partial charge in [-0.2, -0.15) is 0 Å². The molecule has 1 N–H and O–H groups in total. The minimum absolute atomic E-state index is 0.0234. The molecule has 0 unspecified atom stereocenters. The number of rotatable bonds is 4. The normalized spacial score (nSPS) is 16.3. The fourth-order valence-corrected chi connectivity index (χ4v) is 4.42. The summed E-state index contributed by atoms with van der Waals surface area (Å²) in [5.74, 6) is 0.532. The summed E-state index contributed by atoms with van der Waals surface area (Å²) >= 11 is 1.38. The number of para-hydroxylation sites is 1. The van der Waals surface area contributed by atoms with E-state index in [4.69, 9.17) is 0 Å². The molecule has 30 heavy (non-hydrogen) atoms. The van der Waals surface area contributed by atoms with Gasteiger partial charge in [0.1, 0.15) is 10.7 Å². The third-order valence-corrected chi connectivity index (χ3v) is 6.20. The molecule has 7 nitrogen and oxygen atoms in total. The van der Waals surface area contributed by atoms with Crippen molar-refractivity contribution < 1.29 is 9.59 Å². The molecule has 154 valence electrons. The molecule has 3 heterocycles. The summed E-state index contributed by atoms with van der Waals surface area (Å²) in [6.07, 6.45) is 3.40. The number of thiazole rings is 1. The Hall–Kier alpha value is -3.13. The maximum atomic E-state index is 12.8. The van der Waals surface area contributed by atoms with Gasteiger partial charge in [0.25, 0.3) is 11.8 Å². The zero-order valence-electron chi connectivity index (χ0n) is 17.0. The van der Waals surface area contributed by atoms with Crippen LogP contribution in [0.4, 0.5) is 5.69 Å². The second kappa shape index (κ2) is 8.71. The fourth-order valence-electron chi connectivity index (χ4n) is 3.65. The number of aromatic nitrogens is 3. The lowest BCUT2D eigenvalue weighted by atomic mass is 9.96. The molecule has 2 amide bonds. The summed E-state index contributed by atoms with van der Waals surface area (Å²) < 4.78 is 0. The van der Waals surface area contributed by atoms with E-state index in [0.717, 1.165) is 30.8 Å². The number of nitrogens with one attached hydrogen (secondary N) is 1. The number of nitrogens with zero attached hydrogens (tertiary/aromatic N) is 4. The predicted molar refractivity (Wildman–Crippen MR) is 116 cm³/mol. The molecule has 1 aliphatic heterocycles. The summed E-state index contributed by atoms with van der Waals surface area (Å²) in [4.78, 5) is 41.3. The standard InChI is InChI=1S/C22H23N5O2S/c1-14-18(21(28)26-17-8-4-3-5-9-17)11-23-20(25-14)16-7-6-10-27(12-16)22(29)19-15(2)24-13-30-19/h3-5,8-9,11,13,16H,6-7,10,12H2,1-2H3,(H,26,28)/t16-/m1/s1. The van der Waals surface area contributed by atoms with E-state index in [1.807, 2.05) is 49.1 Å². The number of anilines is 1. The Kier molecular flexibility index (Phi) is 5.85. The number of amides is 2. The molecule has 1 saturated heterocycles. The lowest BCUT2D eigenvalue weighted by molar-refractivity contribution is 0.0708. The van der Waals surface area contributed by atoms with Crippen molar-refractivity contribution in [2.45, 2.75) is 32.6 Å². The van der Waals surface area contributed by atoms with Crippen molar-refractivity contribution in [2.75, 3.05) is 18.4 Å². The average Bonchev–Trinajstić information content (AvgIpc) is 3.19. The predicted octanol–water partition coefficient (Wildman–Crippen LogP) is 3.82. The maximum absolute atomic E-state index is 12.8. The molecular weight excluding hydrogens is 398 g/mol. The summed E-state index contributed by atoms with van der Waals surface area (Å²) in [7, 11) is 0. The van der Waals surface area contributed by atoms with E-state index in [0.29, 0.717) is 28.5 Å². The van der Waals surface area contributed by atoms with E-state index >= 15 is 0 Å². The molecule has 1 aliphatic rings. The van der Waals surface area contributed by atoms with Crippen molar-refractivity contribution in [1.29, 1.82) is 0 Å². The van der Waals surface area contributed by atoms with E-state index in [1.54, 1.807) is 11.7 Å². The van der Waals surface area contributed by atoms with Gasteiger partial charge in [-0.25, -0.2) is 15.0 Å². The Morgan fingerprint density at radius 2 is 1.93 bits per heavy atom. The van der Waals surface area contributed by atoms with Crippen LogP contribution in [0.2, 0.25) is 0 Å². The Morgan fingerprint density at radius 3 is 2.63 bits per heavy atom. The summed E-state index contributed by atoms with van der Waals surface area (Å²) in [6.45, 7) is 4.97. The highest BCUT2D eigenvalue weighted by atomic mass is 32.1. The van der Waals surface area contributed by atoms with Crippen molar-refractivity contribution in [2.24, 2.45) is 0 Å². The van der Waals surface area contributed by atoms with Crippen LogP contribution in [-0.4, -0.2) is 44.8 Å². The van der Waals surface area contributed by atoms with Crippen LogP contribution in [0.5, 0.6) is 0 Å². The van der Waals surface area contributed by atoms with Crippen LogP contribution in [0.25, 0.3) is 0 Å². The molecule has 0 bridgehead atoms. The minimum Gasteiger partial charge on any atom is -0.337 e. The van der Waals surface area contributed by atoms with E-state index in [1.165, 1.54) is 11.3 Å². The quantitative estimate of drug-likeness (QED) is 0.692. The molecule has 1 fully saturated rings. The number of carbonyl (C=O) groups is 2. The molecule has 3 aromatic rings. The summed E-state index contributed by atoms with van der Waals surface area (Å²) in [6, 6.07) is 9.30. The third kappa shape index (κ3) is 4.23. The molecule has 8 heteroatoms. The summed E-state index contributed by atoms with van der Waals surface area (Å²) in [5.41, 5.74) is 4.29. The maximum Gasteiger partial charge on any atom is 0.265 e. The van der Waals surface area contributed by atoms with Crippen molar-refractivity contribution in [3.05, 3.63) is 69.7 Å². The molecule has 0 saturated carbocycles. The average molecular weight is 422 g/mol. The smallest absolute Gasteiger partial charge is 0.265 e. The molecular formula is C22H23N5O2S. The Balaban J connectivity index is 1.47. The first-order chi connectivity index (χ1) is 14.5. The molecule has 4 rings (SSSR count). The second-order valence-corrected chi connectivity index (χ2v) is 8.26. The third-order valence-electron chi connectivity index (χ3n) is 5.29. The molecule has 1 atom stereocenters. The highest BCUT2D eigenvalue weighted by Gasteiger charge is 2.29. The Morgan fingerprint density at radius 1 is 1.13 bits per heavy atom. The highest BCUT2D eigenvalue weighted by Crippen LogP contribution is 2.27. The lowest BCUT2D eigenvalue weighted by Gasteiger charge is -2.32. The van der Waals surface area contributed by atoms with Gasteiger partial charge in [0, 0.05) is 30.9 Å². The first-order valence-corrected chi connectivity index (χ1v) is 10.8. The number of carbonyl (C=O) groups excluding carboxylic acids is 2. The topological polar surface area (TPSA) is 88.1 Å². The van der Waals surface area contributed by atoms with Crippen LogP contribution in [0.15, 0.2) is 42.0 Å². The van der Waals surface area contributed by atoms with Crippen molar-refractivity contribution in [1.82, 2.24) is 19.9 Å². The largest absolute Gasteiger partial charge is 0.337 e. The molecule has 0 aliphatic carbocycles. The number of likely N-dealkylation sites (tertiary alicyclic amines) is 1. The van der Waals surface area contributed by atoms with Crippen LogP contribution < -0.4 is 5.32 Å². The van der Waals surface area contributed by atoms with E-state index in [-0.39, 0.29) is 17.7 Å². The van der Waals surface area contributed by atoms with Gasteiger partial charge in [-0.1, -0.05) is 18.2 Å². The van der Waals surface area contributed by atoms with Gasteiger partial charge in [-0.05, 0) is 38.8 Å². The monoisotopic (exact) mass is 421 g/mol. The first kappa shape index (κ1) is 20.2. The van der Waals surface area contributed by atoms with Gasteiger partial charge < -0.3 is 10.2 Å². The van der Waals surface area contributed by atoms with Crippen LogP contribution in [0.1, 0.15) is 56.0 Å². The molecule has 0 spiro atoms. The van der Waals surface area contributed by atoms with Crippen LogP contribution in [-0.2, 0) is 0 Å². The summed E-state index contributed by atoms with van der Waals surface area (Å²) in [5, 5.41) is 2.86. The molecule has 0 radical (unpaired) electrons. The zero-order valence-corrected chi connectivity index (χ0v) is 17.8. The van der Waals surface area contributed by atoms with Crippen LogP contribution >= 0.6 is 11.3 Å². The van der Waals surface area contributed by atoms with Gasteiger partial charge in [0.05, 0.1) is 22.5 Å². The van der Waals surface area contributed by atoms with E-state index in [9.17, 15) is 9.59 Å². The van der Waals surface area contributed by atoms with E-state index < -0.39 is 0 Å². The van der Waals surface area contributed by atoms with Crippen molar-refractivity contribution in [3.63, 3.8) is 0 Å². The van der Waals surface area contributed by atoms with Crippen LogP contribution in [0.3, 0.4) is 0 Å². The van der Waals surface area contributed by atoms with Gasteiger partial charge in [0.2, 0.25) is 0 Å². The van der Waals surface area contributed by atoms with Gasteiger partial charge in [-0.15, -0.1) is 11.3 Å². The zero-order chi connectivity index (χ0) is 21.1. The molecule has 2 aromatic heterocycles. The minimum atomic E-state index is -0.230.